The minimum Gasteiger partial charge on any atom is -0.875 e. The summed E-state index contributed by atoms with van der Waals surface area (Å²) < 4.78 is 0.693. The van der Waals surface area contributed by atoms with Gasteiger partial charge in [-0.15, -0.1) is 17.1 Å². The first kappa shape index (κ1) is 22.3. The Kier molecular flexibility index (Phi) is 9.04. The molecular weight excluding hydrogens is 401 g/mol. The summed E-state index contributed by atoms with van der Waals surface area (Å²) in [5, 5.41) is 16.5. The molecule has 1 fully saturated rings. The molecule has 1 aromatic heterocycles. The van der Waals surface area contributed by atoms with Crippen molar-refractivity contribution in [2.24, 2.45) is 17.0 Å². The van der Waals surface area contributed by atoms with E-state index in [-0.39, 0.29) is 59.2 Å². The van der Waals surface area contributed by atoms with Crippen LogP contribution < -0.4 is 34.7 Å². The Labute approximate surface area is 189 Å². The SMILES string of the molecule is CC(=NOCc1ccc(Cl)s1)C1=C([O-])CC(C2CCCSC2)CC1=O.[Na+]. The number of thioether (sulfide) groups is 1. The molecule has 1 aliphatic heterocycles. The van der Waals surface area contributed by atoms with Crippen molar-refractivity contribution in [3.63, 3.8) is 0 Å². The van der Waals surface area contributed by atoms with E-state index in [0.29, 0.717) is 28.8 Å². The van der Waals surface area contributed by atoms with Crippen molar-refractivity contribution in [3.05, 3.63) is 32.7 Å². The van der Waals surface area contributed by atoms with Gasteiger partial charge in [0.15, 0.2) is 12.4 Å². The van der Waals surface area contributed by atoms with Crippen LogP contribution in [-0.2, 0) is 16.2 Å². The molecule has 1 aromatic rings. The molecule has 1 aliphatic carbocycles. The molecule has 3 rings (SSSR count). The smallest absolute Gasteiger partial charge is 0.875 e. The average Bonchev–Trinajstić information content (AvgIpc) is 3.00. The Balaban J connectivity index is 0.00000243. The van der Waals surface area contributed by atoms with Gasteiger partial charge in [0.05, 0.1) is 10.0 Å². The van der Waals surface area contributed by atoms with E-state index in [2.05, 4.69) is 5.16 Å². The number of halogens is 1. The van der Waals surface area contributed by atoms with Crippen molar-refractivity contribution in [2.75, 3.05) is 11.5 Å². The van der Waals surface area contributed by atoms with Crippen LogP contribution in [0, 0.1) is 11.8 Å². The molecule has 0 radical (unpaired) electrons. The second kappa shape index (κ2) is 10.5. The van der Waals surface area contributed by atoms with E-state index in [9.17, 15) is 9.90 Å². The van der Waals surface area contributed by atoms with E-state index in [0.717, 1.165) is 17.1 Å². The number of hydrogen-bond donors (Lipinski definition) is 0. The zero-order valence-electron chi connectivity index (χ0n) is 15.1. The van der Waals surface area contributed by atoms with Crippen LogP contribution in [0.15, 0.2) is 28.6 Å². The molecule has 0 amide bonds. The van der Waals surface area contributed by atoms with Gasteiger partial charge in [0.2, 0.25) is 0 Å². The summed E-state index contributed by atoms with van der Waals surface area (Å²) in [6.07, 6.45) is 3.23. The number of carbonyl (C=O) groups excluding carboxylic acids is 1. The molecule has 1 saturated heterocycles. The first-order valence-corrected chi connectivity index (χ1v) is 10.8. The molecule has 4 nitrogen and oxygen atoms in total. The standard InChI is InChI=1S/C18H22ClNO3S2.Na/c1-11(20-23-9-14-4-5-17(19)25-14)18-15(21)7-13(8-16(18)22)12-3-2-6-24-10-12;/h4-5,12-13,21H,2-3,6-10H2,1H3;/q;+1/p-1. The molecule has 0 bridgehead atoms. The first-order chi connectivity index (χ1) is 12.0. The molecule has 2 unspecified atom stereocenters. The summed E-state index contributed by atoms with van der Waals surface area (Å²) >= 11 is 9.23. The predicted molar refractivity (Wildman–Crippen MR) is 102 cm³/mol. The Morgan fingerprint density at radius 1 is 1.38 bits per heavy atom. The van der Waals surface area contributed by atoms with Gasteiger partial charge in [-0.1, -0.05) is 16.8 Å². The fourth-order valence-electron chi connectivity index (χ4n) is 3.45. The van der Waals surface area contributed by atoms with Crippen LogP contribution >= 0.6 is 34.7 Å². The molecule has 0 N–H and O–H groups in total. The third-order valence-electron chi connectivity index (χ3n) is 4.71. The maximum atomic E-state index is 12.5. The zero-order chi connectivity index (χ0) is 17.8. The van der Waals surface area contributed by atoms with Crippen LogP contribution in [0.3, 0.4) is 0 Å². The first-order valence-electron chi connectivity index (χ1n) is 8.47. The van der Waals surface area contributed by atoms with E-state index in [4.69, 9.17) is 16.4 Å². The topological polar surface area (TPSA) is 61.7 Å². The van der Waals surface area contributed by atoms with Crippen LogP contribution in [0.5, 0.6) is 0 Å². The van der Waals surface area contributed by atoms with Crippen LogP contribution in [0.2, 0.25) is 4.34 Å². The molecule has 8 heteroatoms. The van der Waals surface area contributed by atoms with Crippen molar-refractivity contribution in [2.45, 2.75) is 39.2 Å². The van der Waals surface area contributed by atoms with Gasteiger partial charge in [-0.25, -0.2) is 0 Å². The van der Waals surface area contributed by atoms with Gasteiger partial charge in [0.25, 0.3) is 0 Å². The van der Waals surface area contributed by atoms with Crippen molar-refractivity contribution >= 4 is 46.2 Å². The molecule has 0 aromatic carbocycles. The number of nitrogens with zero attached hydrogens (tertiary/aromatic N) is 1. The van der Waals surface area contributed by atoms with Gasteiger partial charge in [-0.3, -0.25) is 4.79 Å². The molecule has 0 saturated carbocycles. The third-order valence-corrected chi connectivity index (χ3v) is 7.16. The molecule has 26 heavy (non-hydrogen) atoms. The molecule has 0 spiro atoms. The van der Waals surface area contributed by atoms with Gasteiger partial charge < -0.3 is 9.94 Å². The van der Waals surface area contributed by atoms with Gasteiger partial charge in [0, 0.05) is 16.9 Å². The largest absolute Gasteiger partial charge is 1.00 e. The number of hydrogen-bond acceptors (Lipinski definition) is 6. The normalized spacial score (nSPS) is 24.4. The van der Waals surface area contributed by atoms with Crippen molar-refractivity contribution in [1.29, 1.82) is 0 Å². The van der Waals surface area contributed by atoms with Gasteiger partial charge in [0.1, 0.15) is 0 Å². The van der Waals surface area contributed by atoms with Crippen LogP contribution in [0.4, 0.5) is 0 Å². The summed E-state index contributed by atoms with van der Waals surface area (Å²) in [5.74, 6) is 2.78. The number of Topliss-reactive ketones (excluding diaryl/α,β-unsaturated/α-hetero) is 1. The van der Waals surface area contributed by atoms with E-state index >= 15 is 0 Å². The van der Waals surface area contributed by atoms with Crippen LogP contribution in [-0.4, -0.2) is 23.0 Å². The van der Waals surface area contributed by atoms with E-state index in [1.165, 1.54) is 23.5 Å². The second-order valence-corrected chi connectivity index (χ2v) is 9.47. The average molecular weight is 422 g/mol. The number of thiophene rings is 1. The monoisotopic (exact) mass is 421 g/mol. The van der Waals surface area contributed by atoms with Gasteiger partial charge >= 0.3 is 29.6 Å². The number of allylic oxidation sites excluding steroid dienone is 2. The Morgan fingerprint density at radius 2 is 2.19 bits per heavy atom. The second-order valence-electron chi connectivity index (χ2n) is 6.52. The Bertz CT molecular complexity index is 698. The number of ketones is 1. The minimum atomic E-state index is -0.0826. The van der Waals surface area contributed by atoms with Gasteiger partial charge in [-0.05, 0) is 61.7 Å². The van der Waals surface area contributed by atoms with Crippen LogP contribution in [0.25, 0.3) is 0 Å². The van der Waals surface area contributed by atoms with Gasteiger partial charge in [-0.2, -0.15) is 11.8 Å². The van der Waals surface area contributed by atoms with Crippen molar-refractivity contribution < 1.29 is 44.3 Å². The summed E-state index contributed by atoms with van der Waals surface area (Å²) in [6, 6.07) is 3.67. The Morgan fingerprint density at radius 3 is 2.81 bits per heavy atom. The van der Waals surface area contributed by atoms with E-state index < -0.39 is 0 Å². The maximum absolute atomic E-state index is 12.5. The fraction of sp³-hybridized carbons (Fsp3) is 0.556. The van der Waals surface area contributed by atoms with Crippen molar-refractivity contribution in [3.8, 4) is 0 Å². The predicted octanol–water partition coefficient (Wildman–Crippen LogP) is 1.03. The Hall–Kier alpha value is 0.0200. The fourth-order valence-corrected chi connectivity index (χ4v) is 5.72. The van der Waals surface area contributed by atoms with E-state index in [1.807, 2.05) is 17.8 Å². The quantitative estimate of drug-likeness (QED) is 0.405. The number of rotatable bonds is 5. The maximum Gasteiger partial charge on any atom is 1.00 e. The third kappa shape index (κ3) is 5.76. The van der Waals surface area contributed by atoms with Crippen molar-refractivity contribution in [1.82, 2.24) is 0 Å². The molecule has 2 heterocycles. The van der Waals surface area contributed by atoms with E-state index in [1.54, 1.807) is 13.0 Å². The summed E-state index contributed by atoms with van der Waals surface area (Å²) in [7, 11) is 0. The molecule has 2 atom stereocenters. The summed E-state index contributed by atoms with van der Waals surface area (Å²) in [4.78, 5) is 18.8. The number of carbonyl (C=O) groups is 1. The molecule has 136 valence electrons. The number of oxime groups is 1. The summed E-state index contributed by atoms with van der Waals surface area (Å²) in [6.45, 7) is 1.95. The molecular formula is C18H21ClNNaO3S2. The zero-order valence-corrected chi connectivity index (χ0v) is 19.5. The minimum absolute atomic E-state index is 0. The summed E-state index contributed by atoms with van der Waals surface area (Å²) in [5.41, 5.74) is 0.609. The molecule has 2 aliphatic rings. The van der Waals surface area contributed by atoms with Crippen LogP contribution in [0.1, 0.15) is 37.5 Å².